The second-order valence-electron chi connectivity index (χ2n) is 7.83. The fourth-order valence-corrected chi connectivity index (χ4v) is 3.84. The summed E-state index contributed by atoms with van der Waals surface area (Å²) in [5, 5.41) is 20.9. The molecule has 1 aliphatic rings. The molecule has 0 radical (unpaired) electrons. The van der Waals surface area contributed by atoms with Gasteiger partial charge in [-0.15, -0.1) is 0 Å². The number of hydrogen-bond acceptors (Lipinski definition) is 6. The molecule has 1 fully saturated rings. The average Bonchev–Trinajstić information content (AvgIpc) is 3.42. The third-order valence-electron chi connectivity index (χ3n) is 5.53. The summed E-state index contributed by atoms with van der Waals surface area (Å²) in [6.07, 6.45) is 3.38. The molecule has 1 amide bonds. The summed E-state index contributed by atoms with van der Waals surface area (Å²) in [5.41, 5.74) is 0.933. The van der Waals surface area contributed by atoms with E-state index in [-0.39, 0.29) is 23.6 Å². The zero-order valence-corrected chi connectivity index (χ0v) is 18.2. The SMILES string of the molecule is CCCCOc1cccc(/C(O)=C2\C(=O)C(=O)N(Cc3ccco3)C2c2ccc(O)cc2)c1. The van der Waals surface area contributed by atoms with Crippen LogP contribution in [0.25, 0.3) is 5.76 Å². The third kappa shape index (κ3) is 4.62. The van der Waals surface area contributed by atoms with Gasteiger partial charge in [-0.25, -0.2) is 0 Å². The minimum absolute atomic E-state index is 0.0250. The molecule has 2 N–H and O–H groups in total. The first-order chi connectivity index (χ1) is 16.0. The van der Waals surface area contributed by atoms with Crippen LogP contribution in [0.1, 0.15) is 42.7 Å². The Morgan fingerprint density at radius 2 is 1.88 bits per heavy atom. The van der Waals surface area contributed by atoms with Gasteiger partial charge in [0, 0.05) is 5.56 Å². The molecule has 0 bridgehead atoms. The Balaban J connectivity index is 1.78. The third-order valence-corrected chi connectivity index (χ3v) is 5.53. The van der Waals surface area contributed by atoms with Crippen molar-refractivity contribution < 1.29 is 29.0 Å². The lowest BCUT2D eigenvalue weighted by Gasteiger charge is -2.24. The van der Waals surface area contributed by atoms with Crippen molar-refractivity contribution >= 4 is 17.4 Å². The number of furan rings is 1. The number of amides is 1. The Labute approximate surface area is 191 Å². The van der Waals surface area contributed by atoms with Crippen LogP contribution in [0.2, 0.25) is 0 Å². The molecule has 2 heterocycles. The molecular formula is C26H25NO6. The maximum Gasteiger partial charge on any atom is 0.296 e. The largest absolute Gasteiger partial charge is 0.508 e. The van der Waals surface area contributed by atoms with Gasteiger partial charge < -0.3 is 24.3 Å². The number of carbonyl (C=O) groups excluding carboxylic acids is 2. The summed E-state index contributed by atoms with van der Waals surface area (Å²) >= 11 is 0. The van der Waals surface area contributed by atoms with Gasteiger partial charge >= 0.3 is 0 Å². The second-order valence-corrected chi connectivity index (χ2v) is 7.83. The minimum atomic E-state index is -0.847. The molecule has 1 aliphatic heterocycles. The van der Waals surface area contributed by atoms with Crippen LogP contribution >= 0.6 is 0 Å². The van der Waals surface area contributed by atoms with Crippen molar-refractivity contribution in [1.29, 1.82) is 0 Å². The Morgan fingerprint density at radius 1 is 1.09 bits per heavy atom. The molecule has 1 atom stereocenters. The number of hydrogen-bond donors (Lipinski definition) is 2. The molecule has 0 spiro atoms. The number of aromatic hydroxyl groups is 1. The number of aliphatic hydroxyl groups is 1. The Bertz CT molecular complexity index is 1160. The Morgan fingerprint density at radius 3 is 2.58 bits per heavy atom. The van der Waals surface area contributed by atoms with E-state index >= 15 is 0 Å². The summed E-state index contributed by atoms with van der Waals surface area (Å²) < 4.78 is 11.1. The number of ketones is 1. The zero-order chi connectivity index (χ0) is 23.4. The summed E-state index contributed by atoms with van der Waals surface area (Å²) in [6, 6.07) is 15.6. The predicted molar refractivity (Wildman–Crippen MR) is 122 cm³/mol. The van der Waals surface area contributed by atoms with Gasteiger partial charge in [0.1, 0.15) is 23.0 Å². The van der Waals surface area contributed by atoms with Crippen molar-refractivity contribution in [3.63, 3.8) is 0 Å². The van der Waals surface area contributed by atoms with Gasteiger partial charge in [0.05, 0.1) is 31.0 Å². The van der Waals surface area contributed by atoms with Crippen molar-refractivity contribution in [2.24, 2.45) is 0 Å². The van der Waals surface area contributed by atoms with E-state index in [0.29, 0.717) is 29.2 Å². The van der Waals surface area contributed by atoms with Gasteiger partial charge in [0.25, 0.3) is 11.7 Å². The van der Waals surface area contributed by atoms with Crippen molar-refractivity contribution in [3.05, 3.63) is 89.4 Å². The van der Waals surface area contributed by atoms with Crippen LogP contribution in [0.15, 0.2) is 76.9 Å². The monoisotopic (exact) mass is 447 g/mol. The van der Waals surface area contributed by atoms with Crippen LogP contribution in [0.4, 0.5) is 0 Å². The molecule has 0 aliphatic carbocycles. The molecule has 2 aromatic carbocycles. The van der Waals surface area contributed by atoms with Gasteiger partial charge in [-0.3, -0.25) is 9.59 Å². The van der Waals surface area contributed by atoms with Crippen molar-refractivity contribution in [2.75, 3.05) is 6.61 Å². The van der Waals surface area contributed by atoms with E-state index in [9.17, 15) is 19.8 Å². The smallest absolute Gasteiger partial charge is 0.296 e. The lowest BCUT2D eigenvalue weighted by atomic mass is 9.95. The normalized spacial score (nSPS) is 17.5. The number of aliphatic hydroxyl groups excluding tert-OH is 1. The van der Waals surface area contributed by atoms with Crippen LogP contribution < -0.4 is 4.74 Å². The molecule has 1 aromatic heterocycles. The van der Waals surface area contributed by atoms with Gasteiger partial charge in [-0.2, -0.15) is 0 Å². The average molecular weight is 447 g/mol. The lowest BCUT2D eigenvalue weighted by molar-refractivity contribution is -0.140. The van der Waals surface area contributed by atoms with Crippen LogP contribution in [-0.4, -0.2) is 33.4 Å². The summed E-state index contributed by atoms with van der Waals surface area (Å²) in [4.78, 5) is 27.4. The van der Waals surface area contributed by atoms with E-state index in [2.05, 4.69) is 6.92 Å². The van der Waals surface area contributed by atoms with Crippen molar-refractivity contribution in [2.45, 2.75) is 32.4 Å². The van der Waals surface area contributed by atoms with Gasteiger partial charge in [0.15, 0.2) is 0 Å². The molecule has 0 saturated carbocycles. The second kappa shape index (κ2) is 9.65. The Hall–Kier alpha value is -4.00. The van der Waals surface area contributed by atoms with E-state index in [0.717, 1.165) is 12.8 Å². The number of rotatable bonds is 8. The van der Waals surface area contributed by atoms with E-state index in [4.69, 9.17) is 9.15 Å². The first-order valence-corrected chi connectivity index (χ1v) is 10.8. The first kappa shape index (κ1) is 22.2. The quantitative estimate of drug-likeness (QED) is 0.223. The zero-order valence-electron chi connectivity index (χ0n) is 18.2. The van der Waals surface area contributed by atoms with Crippen LogP contribution in [-0.2, 0) is 16.1 Å². The lowest BCUT2D eigenvalue weighted by Crippen LogP contribution is -2.29. The minimum Gasteiger partial charge on any atom is -0.508 e. The van der Waals surface area contributed by atoms with E-state index < -0.39 is 17.7 Å². The van der Waals surface area contributed by atoms with Gasteiger partial charge in [-0.1, -0.05) is 37.6 Å². The predicted octanol–water partition coefficient (Wildman–Crippen LogP) is 4.79. The fourth-order valence-electron chi connectivity index (χ4n) is 3.84. The molecule has 1 saturated heterocycles. The number of benzene rings is 2. The summed E-state index contributed by atoms with van der Waals surface area (Å²) in [7, 11) is 0. The number of Topliss-reactive ketones (excluding diaryl/α,β-unsaturated/α-hetero) is 1. The highest BCUT2D eigenvalue weighted by Gasteiger charge is 2.46. The number of likely N-dealkylation sites (tertiary alicyclic amines) is 1. The topological polar surface area (TPSA) is 100 Å². The maximum absolute atomic E-state index is 13.1. The van der Waals surface area contributed by atoms with E-state index in [1.807, 2.05) is 0 Å². The summed E-state index contributed by atoms with van der Waals surface area (Å²) in [6.45, 7) is 2.67. The maximum atomic E-state index is 13.1. The highest BCUT2D eigenvalue weighted by molar-refractivity contribution is 6.46. The highest BCUT2D eigenvalue weighted by Crippen LogP contribution is 2.41. The Kier molecular flexibility index (Phi) is 6.49. The summed E-state index contributed by atoms with van der Waals surface area (Å²) in [5.74, 6) is -0.672. The first-order valence-electron chi connectivity index (χ1n) is 10.8. The molecule has 3 aromatic rings. The van der Waals surface area contributed by atoms with Gasteiger partial charge in [0.2, 0.25) is 0 Å². The number of ether oxygens (including phenoxy) is 1. The van der Waals surface area contributed by atoms with Gasteiger partial charge in [-0.05, 0) is 48.4 Å². The molecule has 7 heteroatoms. The molecule has 7 nitrogen and oxygen atoms in total. The molecule has 170 valence electrons. The highest BCUT2D eigenvalue weighted by atomic mass is 16.5. The van der Waals surface area contributed by atoms with Crippen LogP contribution in [0, 0.1) is 0 Å². The van der Waals surface area contributed by atoms with E-state index in [1.54, 1.807) is 48.5 Å². The molecular weight excluding hydrogens is 422 g/mol. The van der Waals surface area contributed by atoms with Crippen molar-refractivity contribution in [1.82, 2.24) is 4.90 Å². The molecule has 4 rings (SSSR count). The number of nitrogens with zero attached hydrogens (tertiary/aromatic N) is 1. The van der Waals surface area contributed by atoms with Crippen molar-refractivity contribution in [3.8, 4) is 11.5 Å². The molecule has 33 heavy (non-hydrogen) atoms. The fraction of sp³-hybridized carbons (Fsp3) is 0.231. The number of unbranched alkanes of at least 4 members (excludes halogenated alkanes) is 1. The number of phenolic OH excluding ortho intramolecular Hbond substituents is 1. The number of carbonyl (C=O) groups is 2. The standard InChI is InChI=1S/C26H25NO6/c1-2-3-13-32-20-7-4-6-18(15-20)24(29)22-23(17-9-11-19(28)12-10-17)27(26(31)25(22)30)16-21-8-5-14-33-21/h4-12,14-15,23,28-29H,2-3,13,16H2,1H3/b24-22+. The molecule has 1 unspecified atom stereocenters. The number of phenols is 1. The van der Waals surface area contributed by atoms with Crippen LogP contribution in [0.5, 0.6) is 11.5 Å². The van der Waals surface area contributed by atoms with Crippen LogP contribution in [0.3, 0.4) is 0 Å². The van der Waals surface area contributed by atoms with E-state index in [1.165, 1.54) is 23.3 Å².